The Labute approximate surface area is 96.8 Å². The number of para-hydroxylation sites is 1. The van der Waals surface area contributed by atoms with Gasteiger partial charge in [-0.25, -0.2) is 0 Å². The third-order valence-electron chi connectivity index (χ3n) is 4.10. The van der Waals surface area contributed by atoms with Crippen LogP contribution in [0, 0.1) is 0 Å². The lowest BCUT2D eigenvalue weighted by molar-refractivity contribution is 0.0809. The van der Waals surface area contributed by atoms with Gasteiger partial charge in [-0.2, -0.15) is 0 Å². The lowest BCUT2D eigenvalue weighted by Crippen LogP contribution is -2.54. The molecule has 0 aliphatic carbocycles. The van der Waals surface area contributed by atoms with Gasteiger partial charge in [-0.15, -0.1) is 0 Å². The maximum absolute atomic E-state index is 3.49. The van der Waals surface area contributed by atoms with Crippen molar-refractivity contribution < 1.29 is 0 Å². The van der Waals surface area contributed by atoms with Crippen LogP contribution in [0.3, 0.4) is 0 Å². The number of piperidine rings is 1. The zero-order valence-corrected chi connectivity index (χ0v) is 9.79. The summed E-state index contributed by atoms with van der Waals surface area (Å²) in [6.07, 6.45) is 2.42. The Kier molecular flexibility index (Phi) is 2.37. The number of fused-ring (bicyclic) bond motifs is 2. The lowest BCUT2D eigenvalue weighted by atomic mass is 9.78. The highest BCUT2D eigenvalue weighted by molar-refractivity contribution is 5.56. The molecule has 1 fully saturated rings. The van der Waals surface area contributed by atoms with E-state index in [1.807, 2.05) is 0 Å². The fourth-order valence-corrected chi connectivity index (χ4v) is 3.10. The van der Waals surface area contributed by atoms with Crippen molar-refractivity contribution in [3.05, 3.63) is 29.8 Å². The van der Waals surface area contributed by atoms with Crippen molar-refractivity contribution in [2.45, 2.75) is 18.4 Å². The van der Waals surface area contributed by atoms with Gasteiger partial charge in [-0.1, -0.05) is 18.2 Å². The molecule has 3 rings (SSSR count). The smallest absolute Gasteiger partial charge is 0.0683 e. The van der Waals surface area contributed by atoms with E-state index in [9.17, 15) is 0 Å². The Balaban J connectivity index is 2.08. The molecule has 0 unspecified atom stereocenters. The summed E-state index contributed by atoms with van der Waals surface area (Å²) in [5.41, 5.74) is 3.06. The molecule has 1 aromatic rings. The van der Waals surface area contributed by atoms with Gasteiger partial charge in [0.05, 0.1) is 12.2 Å². The van der Waals surface area contributed by atoms with Crippen LogP contribution in [0.4, 0.5) is 5.69 Å². The van der Waals surface area contributed by atoms with Crippen LogP contribution in [-0.2, 0) is 5.54 Å². The molecule has 1 saturated heterocycles. The standard InChI is InChI=1S/C13H19N3/c1-16-10-15-12-5-3-2-4-11(12)13(16)6-8-14-9-7-13/h2-5,14-15H,6-10H2,1H3. The summed E-state index contributed by atoms with van der Waals surface area (Å²) < 4.78 is 0. The first-order chi connectivity index (χ1) is 7.83. The molecule has 2 heterocycles. The maximum atomic E-state index is 3.49. The number of nitrogens with zero attached hydrogens (tertiary/aromatic N) is 1. The minimum atomic E-state index is 0.257. The number of hydrogen-bond acceptors (Lipinski definition) is 3. The van der Waals surface area contributed by atoms with E-state index in [1.165, 1.54) is 24.1 Å². The monoisotopic (exact) mass is 217 g/mol. The summed E-state index contributed by atoms with van der Waals surface area (Å²) in [6.45, 7) is 3.20. The molecule has 3 nitrogen and oxygen atoms in total. The molecular weight excluding hydrogens is 198 g/mol. The molecule has 2 aliphatic heterocycles. The Hall–Kier alpha value is -1.06. The van der Waals surface area contributed by atoms with Crippen LogP contribution < -0.4 is 10.6 Å². The van der Waals surface area contributed by atoms with Crippen LogP contribution in [0.2, 0.25) is 0 Å². The second-order valence-electron chi connectivity index (χ2n) is 4.86. The first kappa shape index (κ1) is 10.1. The van der Waals surface area contributed by atoms with Crippen LogP contribution in [0.5, 0.6) is 0 Å². The minimum Gasteiger partial charge on any atom is -0.372 e. The zero-order chi connectivity index (χ0) is 11.0. The summed E-state index contributed by atoms with van der Waals surface area (Å²) in [5, 5.41) is 6.95. The van der Waals surface area contributed by atoms with Gasteiger partial charge in [0.15, 0.2) is 0 Å². The second-order valence-corrected chi connectivity index (χ2v) is 4.86. The molecule has 1 spiro atoms. The SMILES string of the molecule is CN1CNc2ccccc2C12CCNCC2. The van der Waals surface area contributed by atoms with Gasteiger partial charge in [0, 0.05) is 5.69 Å². The highest BCUT2D eigenvalue weighted by atomic mass is 15.3. The normalized spacial score (nSPS) is 23.8. The third-order valence-corrected chi connectivity index (χ3v) is 4.10. The topological polar surface area (TPSA) is 27.3 Å². The van der Waals surface area contributed by atoms with Crippen molar-refractivity contribution in [2.75, 3.05) is 32.1 Å². The highest BCUT2D eigenvalue weighted by Crippen LogP contribution is 2.42. The van der Waals surface area contributed by atoms with Crippen LogP contribution >= 0.6 is 0 Å². The molecule has 0 bridgehead atoms. The van der Waals surface area contributed by atoms with Gasteiger partial charge in [-0.3, -0.25) is 4.90 Å². The molecule has 16 heavy (non-hydrogen) atoms. The van der Waals surface area contributed by atoms with Crippen LogP contribution in [0.15, 0.2) is 24.3 Å². The summed E-state index contributed by atoms with van der Waals surface area (Å²) in [7, 11) is 2.23. The van der Waals surface area contributed by atoms with Crippen molar-refractivity contribution in [3.8, 4) is 0 Å². The zero-order valence-electron chi connectivity index (χ0n) is 9.79. The minimum absolute atomic E-state index is 0.257. The first-order valence-electron chi connectivity index (χ1n) is 6.08. The van der Waals surface area contributed by atoms with E-state index in [0.717, 1.165) is 19.8 Å². The summed E-state index contributed by atoms with van der Waals surface area (Å²) in [6, 6.07) is 8.75. The molecule has 0 amide bonds. The molecule has 0 radical (unpaired) electrons. The highest BCUT2D eigenvalue weighted by Gasteiger charge is 2.41. The summed E-state index contributed by atoms with van der Waals surface area (Å²) in [4.78, 5) is 2.47. The van der Waals surface area contributed by atoms with Gasteiger partial charge >= 0.3 is 0 Å². The fourth-order valence-electron chi connectivity index (χ4n) is 3.10. The third kappa shape index (κ3) is 1.35. The molecule has 0 aromatic heterocycles. The van der Waals surface area contributed by atoms with Crippen molar-refractivity contribution >= 4 is 5.69 Å². The van der Waals surface area contributed by atoms with E-state index in [0.29, 0.717) is 0 Å². The van der Waals surface area contributed by atoms with Gasteiger partial charge in [0.25, 0.3) is 0 Å². The predicted octanol–water partition coefficient (Wildman–Crippen LogP) is 1.58. The Morgan fingerprint density at radius 1 is 1.19 bits per heavy atom. The first-order valence-corrected chi connectivity index (χ1v) is 6.08. The van der Waals surface area contributed by atoms with Crippen LogP contribution in [0.25, 0.3) is 0 Å². The van der Waals surface area contributed by atoms with E-state index in [2.05, 4.69) is 46.8 Å². The molecule has 3 heteroatoms. The average Bonchev–Trinajstić information content (AvgIpc) is 2.36. The van der Waals surface area contributed by atoms with Gasteiger partial charge in [0.2, 0.25) is 0 Å². The van der Waals surface area contributed by atoms with Gasteiger partial charge in [0.1, 0.15) is 0 Å². The molecule has 2 N–H and O–H groups in total. The number of rotatable bonds is 0. The molecule has 86 valence electrons. The Morgan fingerprint density at radius 2 is 1.94 bits per heavy atom. The number of hydrogen-bond donors (Lipinski definition) is 2. The number of anilines is 1. The van der Waals surface area contributed by atoms with E-state index < -0.39 is 0 Å². The molecule has 2 aliphatic rings. The fraction of sp³-hybridized carbons (Fsp3) is 0.538. The molecule has 1 aromatic carbocycles. The van der Waals surface area contributed by atoms with Crippen molar-refractivity contribution in [2.24, 2.45) is 0 Å². The second kappa shape index (κ2) is 3.75. The maximum Gasteiger partial charge on any atom is 0.0683 e. The Bertz CT molecular complexity index is 383. The molecule has 0 atom stereocenters. The summed E-state index contributed by atoms with van der Waals surface area (Å²) in [5.74, 6) is 0. The van der Waals surface area contributed by atoms with Crippen molar-refractivity contribution in [1.29, 1.82) is 0 Å². The van der Waals surface area contributed by atoms with Crippen LogP contribution in [-0.4, -0.2) is 31.7 Å². The van der Waals surface area contributed by atoms with Crippen molar-refractivity contribution in [3.63, 3.8) is 0 Å². The predicted molar refractivity (Wildman–Crippen MR) is 66.5 cm³/mol. The van der Waals surface area contributed by atoms with Crippen LogP contribution in [0.1, 0.15) is 18.4 Å². The average molecular weight is 217 g/mol. The lowest BCUT2D eigenvalue weighted by Gasteiger charge is -2.49. The number of benzene rings is 1. The van der Waals surface area contributed by atoms with E-state index in [-0.39, 0.29) is 5.54 Å². The van der Waals surface area contributed by atoms with E-state index in [4.69, 9.17) is 0 Å². The van der Waals surface area contributed by atoms with E-state index in [1.54, 1.807) is 0 Å². The number of nitrogens with one attached hydrogen (secondary N) is 2. The largest absolute Gasteiger partial charge is 0.372 e. The molecular formula is C13H19N3. The van der Waals surface area contributed by atoms with E-state index >= 15 is 0 Å². The van der Waals surface area contributed by atoms with Gasteiger partial charge in [-0.05, 0) is 44.6 Å². The van der Waals surface area contributed by atoms with Crippen molar-refractivity contribution in [1.82, 2.24) is 10.2 Å². The molecule has 0 saturated carbocycles. The van der Waals surface area contributed by atoms with Gasteiger partial charge < -0.3 is 10.6 Å². The quantitative estimate of drug-likeness (QED) is 0.691. The Morgan fingerprint density at radius 3 is 2.75 bits per heavy atom. The summed E-state index contributed by atoms with van der Waals surface area (Å²) >= 11 is 0.